The lowest BCUT2D eigenvalue weighted by molar-refractivity contribution is 0.340. The van der Waals surface area contributed by atoms with Crippen molar-refractivity contribution in [2.24, 2.45) is 5.41 Å². The van der Waals surface area contributed by atoms with Crippen molar-refractivity contribution in [2.45, 2.75) is 66.1 Å². The van der Waals surface area contributed by atoms with Gasteiger partial charge in [-0.25, -0.2) is 0 Å². The van der Waals surface area contributed by atoms with Crippen molar-refractivity contribution in [1.29, 1.82) is 0 Å². The van der Waals surface area contributed by atoms with Crippen molar-refractivity contribution in [3.05, 3.63) is 17.5 Å². The largest absolute Gasteiger partial charge is 0.310 e. The summed E-state index contributed by atoms with van der Waals surface area (Å²) in [5, 5.41) is 8.13. The van der Waals surface area contributed by atoms with Gasteiger partial charge in [0.1, 0.15) is 0 Å². The quantitative estimate of drug-likeness (QED) is 0.850. The van der Waals surface area contributed by atoms with Gasteiger partial charge in [0, 0.05) is 30.9 Å². The monoisotopic (exact) mass is 235 g/mol. The maximum atomic E-state index is 4.59. The molecule has 0 spiro atoms. The van der Waals surface area contributed by atoms with Crippen molar-refractivity contribution in [1.82, 2.24) is 15.1 Å². The predicted molar refractivity (Wildman–Crippen MR) is 70.9 cm³/mol. The van der Waals surface area contributed by atoms with Crippen LogP contribution in [0.3, 0.4) is 0 Å². The summed E-state index contributed by atoms with van der Waals surface area (Å²) < 4.78 is 2.10. The second-order valence-electron chi connectivity index (χ2n) is 6.47. The van der Waals surface area contributed by atoms with Gasteiger partial charge < -0.3 is 5.32 Å². The lowest BCUT2D eigenvalue weighted by atomic mass is 9.92. The van der Waals surface area contributed by atoms with Gasteiger partial charge in [-0.2, -0.15) is 5.10 Å². The summed E-state index contributed by atoms with van der Waals surface area (Å²) in [6, 6.07) is 0.771. The fraction of sp³-hybridized carbons (Fsp3) is 0.786. The van der Waals surface area contributed by atoms with Crippen molar-refractivity contribution >= 4 is 0 Å². The van der Waals surface area contributed by atoms with E-state index in [1.807, 2.05) is 0 Å². The molecule has 1 N–H and O–H groups in total. The number of hydrogen-bond acceptors (Lipinski definition) is 2. The Labute approximate surface area is 105 Å². The van der Waals surface area contributed by atoms with Crippen molar-refractivity contribution < 1.29 is 0 Å². The zero-order valence-corrected chi connectivity index (χ0v) is 11.6. The second kappa shape index (κ2) is 4.81. The van der Waals surface area contributed by atoms with E-state index < -0.39 is 0 Å². The Morgan fingerprint density at radius 1 is 1.41 bits per heavy atom. The second-order valence-corrected chi connectivity index (χ2v) is 6.47. The molecule has 96 valence electrons. The highest BCUT2D eigenvalue weighted by molar-refractivity contribution is 5.15. The maximum absolute atomic E-state index is 4.59. The highest BCUT2D eigenvalue weighted by atomic mass is 15.3. The van der Waals surface area contributed by atoms with Crippen LogP contribution >= 0.6 is 0 Å². The van der Waals surface area contributed by atoms with Crippen LogP contribution in [0.5, 0.6) is 0 Å². The molecule has 0 atom stereocenters. The number of rotatable bonds is 5. The zero-order chi connectivity index (χ0) is 12.5. The predicted octanol–water partition coefficient (Wildman–Crippen LogP) is 2.88. The Kier molecular flexibility index (Phi) is 3.57. The van der Waals surface area contributed by atoms with Crippen LogP contribution in [-0.4, -0.2) is 15.8 Å². The molecular formula is C14H25N3. The first-order chi connectivity index (χ1) is 7.94. The fourth-order valence-electron chi connectivity index (χ4n) is 1.84. The first kappa shape index (κ1) is 12.6. The molecule has 0 radical (unpaired) electrons. The van der Waals surface area contributed by atoms with Crippen LogP contribution in [0.2, 0.25) is 0 Å². The molecule has 17 heavy (non-hydrogen) atoms. The van der Waals surface area contributed by atoms with E-state index in [2.05, 4.69) is 49.0 Å². The first-order valence-corrected chi connectivity index (χ1v) is 6.70. The smallest absolute Gasteiger partial charge is 0.0638 e. The standard InChI is InChI=1S/C14H25N3/c1-11-12(9-15-13-5-6-13)10-17(16-11)8-7-14(2,3)4/h10,13,15H,5-9H2,1-4H3. The van der Waals surface area contributed by atoms with Gasteiger partial charge in [-0.15, -0.1) is 0 Å². The minimum Gasteiger partial charge on any atom is -0.310 e. The van der Waals surface area contributed by atoms with Crippen molar-refractivity contribution in [2.75, 3.05) is 0 Å². The van der Waals surface area contributed by atoms with Gasteiger partial charge >= 0.3 is 0 Å². The number of nitrogens with zero attached hydrogens (tertiary/aromatic N) is 2. The van der Waals surface area contributed by atoms with E-state index in [0.29, 0.717) is 5.41 Å². The number of nitrogens with one attached hydrogen (secondary N) is 1. The Balaban J connectivity index is 1.87. The zero-order valence-electron chi connectivity index (χ0n) is 11.6. The van der Waals surface area contributed by atoms with E-state index in [9.17, 15) is 0 Å². The van der Waals surface area contributed by atoms with E-state index in [4.69, 9.17) is 0 Å². The summed E-state index contributed by atoms with van der Waals surface area (Å²) in [6.45, 7) is 10.9. The number of aromatic nitrogens is 2. The Bertz CT molecular complexity index is 369. The Morgan fingerprint density at radius 2 is 2.12 bits per heavy atom. The van der Waals surface area contributed by atoms with Crippen LogP contribution in [0.15, 0.2) is 6.20 Å². The molecule has 0 aromatic carbocycles. The third-order valence-corrected chi connectivity index (χ3v) is 3.30. The van der Waals surface area contributed by atoms with Gasteiger partial charge in [-0.05, 0) is 31.6 Å². The van der Waals surface area contributed by atoms with Crippen LogP contribution < -0.4 is 5.32 Å². The van der Waals surface area contributed by atoms with Crippen LogP contribution in [0.1, 0.15) is 51.3 Å². The molecule has 2 rings (SSSR count). The van der Waals surface area contributed by atoms with E-state index in [-0.39, 0.29) is 0 Å². The first-order valence-electron chi connectivity index (χ1n) is 6.70. The molecule has 0 unspecified atom stereocenters. The lowest BCUT2D eigenvalue weighted by Crippen LogP contribution is -2.15. The van der Waals surface area contributed by atoms with Gasteiger partial charge in [0.05, 0.1) is 5.69 Å². The molecule has 1 aromatic heterocycles. The van der Waals surface area contributed by atoms with Crippen LogP contribution in [0, 0.1) is 12.3 Å². The summed E-state index contributed by atoms with van der Waals surface area (Å²) in [4.78, 5) is 0. The van der Waals surface area contributed by atoms with Crippen molar-refractivity contribution in [3.8, 4) is 0 Å². The molecule has 1 saturated carbocycles. The Morgan fingerprint density at radius 3 is 2.71 bits per heavy atom. The Hall–Kier alpha value is -0.830. The SMILES string of the molecule is Cc1nn(CCC(C)(C)C)cc1CNC1CC1. The third kappa shape index (κ3) is 4.15. The molecule has 1 aliphatic carbocycles. The molecular weight excluding hydrogens is 210 g/mol. The topological polar surface area (TPSA) is 29.9 Å². The van der Waals surface area contributed by atoms with Gasteiger partial charge in [-0.1, -0.05) is 20.8 Å². The molecule has 0 amide bonds. The molecule has 0 saturated heterocycles. The minimum absolute atomic E-state index is 0.381. The molecule has 1 fully saturated rings. The molecule has 1 heterocycles. The molecule has 0 bridgehead atoms. The third-order valence-electron chi connectivity index (χ3n) is 3.30. The highest BCUT2D eigenvalue weighted by Gasteiger charge is 2.20. The molecule has 1 aromatic rings. The van der Waals surface area contributed by atoms with Gasteiger partial charge in [0.25, 0.3) is 0 Å². The summed E-state index contributed by atoms with van der Waals surface area (Å²) >= 11 is 0. The van der Waals surface area contributed by atoms with Gasteiger partial charge in [-0.3, -0.25) is 4.68 Å². The van der Waals surface area contributed by atoms with Crippen LogP contribution in [0.4, 0.5) is 0 Å². The lowest BCUT2D eigenvalue weighted by Gasteiger charge is -2.17. The summed E-state index contributed by atoms with van der Waals surface area (Å²) in [5.41, 5.74) is 2.91. The van der Waals surface area contributed by atoms with E-state index >= 15 is 0 Å². The fourth-order valence-corrected chi connectivity index (χ4v) is 1.84. The molecule has 3 nitrogen and oxygen atoms in total. The molecule has 0 aliphatic heterocycles. The average Bonchev–Trinajstić information content (AvgIpc) is 2.97. The van der Waals surface area contributed by atoms with Crippen LogP contribution in [0.25, 0.3) is 0 Å². The maximum Gasteiger partial charge on any atom is 0.0638 e. The summed E-state index contributed by atoms with van der Waals surface area (Å²) in [5.74, 6) is 0. The summed E-state index contributed by atoms with van der Waals surface area (Å²) in [7, 11) is 0. The average molecular weight is 235 g/mol. The van der Waals surface area contributed by atoms with Crippen molar-refractivity contribution in [3.63, 3.8) is 0 Å². The minimum atomic E-state index is 0.381. The van der Waals surface area contributed by atoms with E-state index in [1.165, 1.54) is 30.5 Å². The number of aryl methyl sites for hydroxylation is 2. The summed E-state index contributed by atoms with van der Waals surface area (Å²) in [6.07, 6.45) is 6.06. The van der Waals surface area contributed by atoms with Crippen LogP contribution in [-0.2, 0) is 13.1 Å². The van der Waals surface area contributed by atoms with Gasteiger partial charge in [0.2, 0.25) is 0 Å². The van der Waals surface area contributed by atoms with E-state index in [0.717, 1.165) is 19.1 Å². The highest BCUT2D eigenvalue weighted by Crippen LogP contribution is 2.21. The van der Waals surface area contributed by atoms with Gasteiger partial charge in [0.15, 0.2) is 0 Å². The van der Waals surface area contributed by atoms with E-state index in [1.54, 1.807) is 0 Å². The number of hydrogen-bond donors (Lipinski definition) is 1. The normalized spacial score (nSPS) is 16.5. The molecule has 3 heteroatoms. The molecule has 1 aliphatic rings.